The molecule has 2 aromatic rings. The minimum atomic E-state index is -1.26. The van der Waals surface area contributed by atoms with Crippen molar-refractivity contribution in [3.8, 4) is 45.6 Å². The average molecular weight is 346 g/mol. The first-order valence-corrected chi connectivity index (χ1v) is 7.64. The van der Waals surface area contributed by atoms with E-state index in [1.807, 2.05) is 0 Å². The van der Waals surface area contributed by atoms with Gasteiger partial charge in [-0.05, 0) is 23.3 Å². The summed E-state index contributed by atoms with van der Waals surface area (Å²) in [5.74, 6) is 1.53. The number of methoxy groups -OCH3 is 1. The van der Waals surface area contributed by atoms with E-state index in [2.05, 4.69) is 0 Å². The maximum atomic E-state index is 10.6. The van der Waals surface area contributed by atoms with Gasteiger partial charge in [0.25, 0.3) is 0 Å². The van der Waals surface area contributed by atoms with Crippen LogP contribution in [0.25, 0.3) is 11.1 Å². The molecule has 0 saturated carbocycles. The minimum Gasteiger partial charge on any atom is -0.504 e. The third-order valence-electron chi connectivity index (χ3n) is 4.70. The van der Waals surface area contributed by atoms with Gasteiger partial charge in [-0.2, -0.15) is 0 Å². The molecule has 3 N–H and O–H groups in total. The second-order valence-electron chi connectivity index (χ2n) is 5.92. The topological polar surface area (TPSA) is 107 Å². The summed E-state index contributed by atoms with van der Waals surface area (Å²) >= 11 is 0. The first-order valence-electron chi connectivity index (χ1n) is 7.64. The van der Waals surface area contributed by atoms with Gasteiger partial charge in [0.1, 0.15) is 12.2 Å². The predicted molar refractivity (Wildman–Crippen MR) is 82.3 cm³/mol. The first kappa shape index (κ1) is 14.5. The molecule has 2 heterocycles. The Balaban J connectivity index is 1.90. The summed E-state index contributed by atoms with van der Waals surface area (Å²) < 4.78 is 27.3. The summed E-state index contributed by atoms with van der Waals surface area (Å²) in [6.07, 6.45) is -2.49. The van der Waals surface area contributed by atoms with Crippen LogP contribution in [-0.4, -0.2) is 36.0 Å². The van der Waals surface area contributed by atoms with E-state index in [1.54, 1.807) is 6.07 Å². The van der Waals surface area contributed by atoms with E-state index in [-0.39, 0.29) is 25.1 Å². The Morgan fingerprint density at radius 2 is 1.36 bits per heavy atom. The molecule has 2 atom stereocenters. The second kappa shape index (κ2) is 4.84. The van der Waals surface area contributed by atoms with E-state index in [4.69, 9.17) is 23.7 Å². The highest BCUT2D eigenvalue weighted by molar-refractivity contribution is 5.90. The highest BCUT2D eigenvalue weighted by Gasteiger charge is 2.42. The van der Waals surface area contributed by atoms with Crippen LogP contribution in [0.4, 0.5) is 0 Å². The maximum Gasteiger partial charge on any atom is 0.231 e. The quantitative estimate of drug-likeness (QED) is 0.715. The van der Waals surface area contributed by atoms with Gasteiger partial charge in [0, 0.05) is 11.1 Å². The van der Waals surface area contributed by atoms with Crippen LogP contribution < -0.4 is 23.7 Å². The van der Waals surface area contributed by atoms with Gasteiger partial charge in [0.2, 0.25) is 25.1 Å². The maximum absolute atomic E-state index is 10.6. The fourth-order valence-corrected chi connectivity index (χ4v) is 3.60. The lowest BCUT2D eigenvalue weighted by Gasteiger charge is -2.31. The lowest BCUT2D eigenvalue weighted by molar-refractivity contribution is 0.0153. The van der Waals surface area contributed by atoms with Gasteiger partial charge in [0.15, 0.2) is 23.0 Å². The largest absolute Gasteiger partial charge is 0.504 e. The van der Waals surface area contributed by atoms with Crippen molar-refractivity contribution in [2.24, 2.45) is 0 Å². The molecule has 1 aliphatic carbocycles. The highest BCUT2D eigenvalue weighted by atomic mass is 16.7. The van der Waals surface area contributed by atoms with Crippen molar-refractivity contribution in [1.29, 1.82) is 0 Å². The number of ether oxygens (including phenoxy) is 5. The monoisotopic (exact) mass is 346 g/mol. The molecule has 0 fully saturated rings. The van der Waals surface area contributed by atoms with E-state index in [0.29, 0.717) is 45.3 Å². The zero-order chi connectivity index (χ0) is 17.3. The molecule has 2 unspecified atom stereocenters. The Labute approximate surface area is 141 Å². The van der Waals surface area contributed by atoms with Crippen LogP contribution in [-0.2, 0) is 0 Å². The lowest BCUT2D eigenvalue weighted by Crippen LogP contribution is -2.18. The second-order valence-corrected chi connectivity index (χ2v) is 5.92. The molecule has 0 aromatic heterocycles. The van der Waals surface area contributed by atoms with E-state index in [0.717, 1.165) is 0 Å². The highest BCUT2D eigenvalue weighted by Crippen LogP contribution is 2.61. The summed E-state index contributed by atoms with van der Waals surface area (Å²) in [5.41, 5.74) is 1.78. The number of aromatic hydroxyl groups is 1. The van der Waals surface area contributed by atoms with Crippen molar-refractivity contribution in [2.75, 3.05) is 20.7 Å². The Hall–Kier alpha value is -2.84. The molecule has 5 rings (SSSR count). The third kappa shape index (κ3) is 1.72. The first-order chi connectivity index (χ1) is 12.1. The Kier molecular flexibility index (Phi) is 2.81. The Morgan fingerprint density at radius 1 is 0.840 bits per heavy atom. The molecule has 0 radical (unpaired) electrons. The number of hydrogen-bond donors (Lipinski definition) is 3. The van der Waals surface area contributed by atoms with Crippen LogP contribution in [0, 0.1) is 0 Å². The van der Waals surface area contributed by atoms with E-state index >= 15 is 0 Å². The van der Waals surface area contributed by atoms with Crippen LogP contribution in [0.3, 0.4) is 0 Å². The molecule has 25 heavy (non-hydrogen) atoms. The van der Waals surface area contributed by atoms with E-state index in [1.165, 1.54) is 13.2 Å². The summed E-state index contributed by atoms with van der Waals surface area (Å²) in [6, 6.07) is 2.97. The van der Waals surface area contributed by atoms with Crippen molar-refractivity contribution < 1.29 is 39.0 Å². The van der Waals surface area contributed by atoms with Gasteiger partial charge >= 0.3 is 0 Å². The van der Waals surface area contributed by atoms with Crippen LogP contribution in [0.5, 0.6) is 34.5 Å². The van der Waals surface area contributed by atoms with Crippen molar-refractivity contribution in [2.45, 2.75) is 12.2 Å². The van der Waals surface area contributed by atoms with Crippen LogP contribution >= 0.6 is 0 Å². The normalized spacial score (nSPS) is 21.7. The van der Waals surface area contributed by atoms with Gasteiger partial charge in [0.05, 0.1) is 7.11 Å². The van der Waals surface area contributed by atoms with E-state index < -0.39 is 12.2 Å². The SMILES string of the molecule is COc1cc2c(c3c1OCO3)-c1c(cc(O)c3c1OCO3)C(O)C2O. The van der Waals surface area contributed by atoms with Crippen LogP contribution in [0.2, 0.25) is 0 Å². The summed E-state index contributed by atoms with van der Waals surface area (Å²) in [4.78, 5) is 0. The molecule has 2 aromatic carbocycles. The van der Waals surface area contributed by atoms with E-state index in [9.17, 15) is 15.3 Å². The molecule has 8 heteroatoms. The number of rotatable bonds is 1. The number of aliphatic hydroxyl groups excluding tert-OH is 2. The average Bonchev–Trinajstić information content (AvgIpc) is 3.28. The Morgan fingerprint density at radius 3 is 2.00 bits per heavy atom. The van der Waals surface area contributed by atoms with Gasteiger partial charge in [-0.1, -0.05) is 0 Å². The summed E-state index contributed by atoms with van der Waals surface area (Å²) in [7, 11) is 1.48. The summed E-state index contributed by atoms with van der Waals surface area (Å²) in [6.45, 7) is -0.0449. The molecule has 2 aliphatic heterocycles. The van der Waals surface area contributed by atoms with Crippen molar-refractivity contribution in [3.63, 3.8) is 0 Å². The lowest BCUT2D eigenvalue weighted by atomic mass is 9.80. The molecule has 0 saturated heterocycles. The number of aliphatic hydroxyl groups is 2. The molecule has 0 spiro atoms. The van der Waals surface area contributed by atoms with Gasteiger partial charge in [-0.25, -0.2) is 0 Å². The molecular weight excluding hydrogens is 332 g/mol. The molecule has 0 bridgehead atoms. The standard InChI is InChI=1S/C17H14O8/c1-21-9-3-7-11(17-15(9)23-5-25-17)10-6(12(19)13(7)20)2-8(18)14-16(10)24-4-22-14/h2-3,12-13,18-20H,4-5H2,1H3. The summed E-state index contributed by atoms with van der Waals surface area (Å²) in [5, 5.41) is 31.3. The van der Waals surface area contributed by atoms with Gasteiger partial charge in [-0.3, -0.25) is 0 Å². The van der Waals surface area contributed by atoms with Crippen molar-refractivity contribution >= 4 is 0 Å². The van der Waals surface area contributed by atoms with Crippen molar-refractivity contribution in [1.82, 2.24) is 0 Å². The fourth-order valence-electron chi connectivity index (χ4n) is 3.60. The van der Waals surface area contributed by atoms with Crippen molar-refractivity contribution in [3.05, 3.63) is 23.3 Å². The Bertz CT molecular complexity index is 906. The zero-order valence-corrected chi connectivity index (χ0v) is 13.1. The predicted octanol–water partition coefficient (Wildman–Crippen LogP) is 1.61. The fraction of sp³-hybridized carbons (Fsp3) is 0.294. The molecule has 3 aliphatic rings. The van der Waals surface area contributed by atoms with Crippen LogP contribution in [0.1, 0.15) is 23.3 Å². The molecule has 8 nitrogen and oxygen atoms in total. The van der Waals surface area contributed by atoms with Gasteiger partial charge < -0.3 is 39.0 Å². The number of hydrogen-bond acceptors (Lipinski definition) is 8. The number of benzene rings is 2. The number of fused-ring (bicyclic) bond motifs is 7. The molecule has 130 valence electrons. The number of phenols is 1. The molecule has 0 amide bonds. The number of phenolic OH excluding ortho intramolecular Hbond substituents is 1. The van der Waals surface area contributed by atoms with Gasteiger partial charge in [-0.15, -0.1) is 0 Å². The minimum absolute atomic E-state index is 0.00770. The van der Waals surface area contributed by atoms with Crippen LogP contribution in [0.15, 0.2) is 12.1 Å². The molecular formula is C17H14O8. The smallest absolute Gasteiger partial charge is 0.231 e. The zero-order valence-electron chi connectivity index (χ0n) is 13.1. The third-order valence-corrected chi connectivity index (χ3v) is 4.70.